The van der Waals surface area contributed by atoms with Crippen molar-refractivity contribution in [2.45, 2.75) is 6.61 Å². The molecule has 0 spiro atoms. The lowest BCUT2D eigenvalue weighted by molar-refractivity contribution is 0.181. The fraction of sp³-hybridized carbons (Fsp3) is 0.261. The van der Waals surface area contributed by atoms with E-state index in [1.807, 2.05) is 28.8 Å². The van der Waals surface area contributed by atoms with Crippen molar-refractivity contribution in [2.75, 3.05) is 38.2 Å². The summed E-state index contributed by atoms with van der Waals surface area (Å²) in [6, 6.07) is 14.3. The van der Waals surface area contributed by atoms with Gasteiger partial charge in [0.25, 0.3) is 0 Å². The number of anilines is 1. The van der Waals surface area contributed by atoms with E-state index in [9.17, 15) is 4.39 Å². The number of hydrogen-bond acceptors (Lipinski definition) is 6. The standard InChI is InChI=1S/C23H23FN6O/c1-31-15-18-14-19(8-9-26-18)30-22(16-2-4-17(24)5-3-16)27-20-6-7-21(28-23(20)30)29-12-10-25-11-13-29/h2-9,14,25H,10-13,15H2,1H3. The lowest BCUT2D eigenvalue weighted by Crippen LogP contribution is -2.43. The van der Waals surface area contributed by atoms with Gasteiger partial charge in [0.05, 0.1) is 18.0 Å². The smallest absolute Gasteiger partial charge is 0.167 e. The van der Waals surface area contributed by atoms with Crippen LogP contribution in [0, 0.1) is 5.82 Å². The molecule has 1 aliphatic rings. The summed E-state index contributed by atoms with van der Waals surface area (Å²) < 4.78 is 20.8. The lowest BCUT2D eigenvalue weighted by atomic mass is 10.2. The monoisotopic (exact) mass is 418 g/mol. The SMILES string of the molecule is COCc1cc(-n2c(-c3ccc(F)cc3)nc3ccc(N4CCNCC4)nc32)ccn1. The van der Waals surface area contributed by atoms with E-state index in [0.717, 1.165) is 60.1 Å². The number of rotatable bonds is 5. The highest BCUT2D eigenvalue weighted by Gasteiger charge is 2.19. The van der Waals surface area contributed by atoms with Gasteiger partial charge in [-0.1, -0.05) is 0 Å². The molecule has 1 aromatic carbocycles. The fourth-order valence-corrected chi connectivity index (χ4v) is 3.89. The van der Waals surface area contributed by atoms with Gasteiger partial charge >= 0.3 is 0 Å². The minimum atomic E-state index is -0.281. The van der Waals surface area contributed by atoms with Gasteiger partial charge in [-0.25, -0.2) is 14.4 Å². The number of fused-ring (bicyclic) bond motifs is 1. The van der Waals surface area contributed by atoms with Crippen molar-refractivity contribution >= 4 is 17.0 Å². The first-order valence-electron chi connectivity index (χ1n) is 10.3. The van der Waals surface area contributed by atoms with Gasteiger partial charge in [-0.15, -0.1) is 0 Å². The van der Waals surface area contributed by atoms with Gasteiger partial charge in [0.2, 0.25) is 0 Å². The van der Waals surface area contributed by atoms with Crippen LogP contribution in [0.1, 0.15) is 5.69 Å². The number of aromatic nitrogens is 4. The second kappa shape index (κ2) is 8.41. The normalized spacial score (nSPS) is 14.3. The molecule has 0 radical (unpaired) electrons. The highest BCUT2D eigenvalue weighted by molar-refractivity contribution is 5.81. The van der Waals surface area contributed by atoms with Crippen LogP contribution in [0.2, 0.25) is 0 Å². The van der Waals surface area contributed by atoms with Crippen LogP contribution in [0.3, 0.4) is 0 Å². The number of imidazole rings is 1. The Morgan fingerprint density at radius 1 is 1.03 bits per heavy atom. The van der Waals surface area contributed by atoms with Gasteiger partial charge in [0.1, 0.15) is 23.0 Å². The van der Waals surface area contributed by atoms with Crippen molar-refractivity contribution in [2.24, 2.45) is 0 Å². The number of piperazine rings is 1. The molecule has 3 aromatic heterocycles. The van der Waals surface area contributed by atoms with Gasteiger partial charge in [0.15, 0.2) is 5.65 Å². The van der Waals surface area contributed by atoms with Crippen molar-refractivity contribution in [1.29, 1.82) is 0 Å². The second-order valence-electron chi connectivity index (χ2n) is 7.47. The van der Waals surface area contributed by atoms with Crippen LogP contribution in [-0.4, -0.2) is 52.8 Å². The number of nitrogens with one attached hydrogen (secondary N) is 1. The maximum Gasteiger partial charge on any atom is 0.167 e. The summed E-state index contributed by atoms with van der Waals surface area (Å²) in [5, 5.41) is 3.37. The van der Waals surface area contributed by atoms with Crippen molar-refractivity contribution in [3.8, 4) is 17.1 Å². The molecule has 7 nitrogen and oxygen atoms in total. The van der Waals surface area contributed by atoms with E-state index in [1.165, 1.54) is 12.1 Å². The van der Waals surface area contributed by atoms with E-state index < -0.39 is 0 Å². The Morgan fingerprint density at radius 3 is 2.61 bits per heavy atom. The van der Waals surface area contributed by atoms with Gasteiger partial charge in [-0.05, 0) is 48.5 Å². The van der Waals surface area contributed by atoms with Crippen molar-refractivity contribution in [3.05, 3.63) is 66.2 Å². The zero-order valence-electron chi connectivity index (χ0n) is 17.3. The van der Waals surface area contributed by atoms with E-state index in [0.29, 0.717) is 12.4 Å². The molecule has 4 heterocycles. The van der Waals surface area contributed by atoms with E-state index in [4.69, 9.17) is 14.7 Å². The molecule has 0 bridgehead atoms. The molecule has 31 heavy (non-hydrogen) atoms. The Hall–Kier alpha value is -3.36. The minimum Gasteiger partial charge on any atom is -0.378 e. The summed E-state index contributed by atoms with van der Waals surface area (Å²) >= 11 is 0. The van der Waals surface area contributed by atoms with Crippen LogP contribution in [0.4, 0.5) is 10.2 Å². The number of ether oxygens (including phenoxy) is 1. The first kappa shape index (κ1) is 19.6. The van der Waals surface area contributed by atoms with Crippen LogP contribution in [0.25, 0.3) is 28.2 Å². The molecule has 1 fully saturated rings. The predicted molar refractivity (Wildman–Crippen MR) is 118 cm³/mol. The maximum atomic E-state index is 13.6. The average molecular weight is 418 g/mol. The Labute approximate surface area is 179 Å². The lowest BCUT2D eigenvalue weighted by Gasteiger charge is -2.28. The Kier molecular flexibility index (Phi) is 5.31. The molecule has 4 aromatic rings. The molecule has 1 aliphatic heterocycles. The molecule has 158 valence electrons. The number of hydrogen-bond donors (Lipinski definition) is 1. The minimum absolute atomic E-state index is 0.281. The third-order valence-corrected chi connectivity index (χ3v) is 5.38. The van der Waals surface area contributed by atoms with Crippen molar-refractivity contribution in [3.63, 3.8) is 0 Å². The number of halogens is 1. The van der Waals surface area contributed by atoms with Crippen LogP contribution >= 0.6 is 0 Å². The first-order valence-corrected chi connectivity index (χ1v) is 10.3. The molecule has 0 aliphatic carbocycles. The number of methoxy groups -OCH3 is 1. The second-order valence-corrected chi connectivity index (χ2v) is 7.47. The van der Waals surface area contributed by atoms with Crippen LogP contribution < -0.4 is 10.2 Å². The number of pyridine rings is 2. The summed E-state index contributed by atoms with van der Waals surface area (Å²) in [5.41, 5.74) is 4.04. The third-order valence-electron chi connectivity index (χ3n) is 5.38. The molecule has 0 unspecified atom stereocenters. The van der Waals surface area contributed by atoms with E-state index >= 15 is 0 Å². The molecule has 0 atom stereocenters. The first-order chi connectivity index (χ1) is 15.2. The van der Waals surface area contributed by atoms with Crippen LogP contribution in [0.15, 0.2) is 54.7 Å². The molecule has 1 saturated heterocycles. The van der Waals surface area contributed by atoms with Crippen LogP contribution in [-0.2, 0) is 11.3 Å². The topological polar surface area (TPSA) is 68.1 Å². The highest BCUT2D eigenvalue weighted by atomic mass is 19.1. The van der Waals surface area contributed by atoms with Crippen molar-refractivity contribution < 1.29 is 9.13 Å². The third kappa shape index (κ3) is 3.87. The Bertz CT molecular complexity index is 1200. The Morgan fingerprint density at radius 2 is 1.84 bits per heavy atom. The zero-order chi connectivity index (χ0) is 21.2. The largest absolute Gasteiger partial charge is 0.378 e. The number of nitrogens with zero attached hydrogens (tertiary/aromatic N) is 5. The summed E-state index contributed by atoms with van der Waals surface area (Å²) in [6.07, 6.45) is 1.75. The summed E-state index contributed by atoms with van der Waals surface area (Å²) in [4.78, 5) is 16.5. The molecule has 8 heteroatoms. The van der Waals surface area contributed by atoms with Gasteiger partial charge < -0.3 is 15.0 Å². The molecular weight excluding hydrogens is 395 g/mol. The number of benzene rings is 1. The maximum absolute atomic E-state index is 13.6. The molecule has 0 saturated carbocycles. The van der Waals surface area contributed by atoms with Crippen molar-refractivity contribution in [1.82, 2.24) is 24.8 Å². The molecule has 1 N–H and O–H groups in total. The van der Waals surface area contributed by atoms with Gasteiger partial charge in [-0.2, -0.15) is 0 Å². The quantitative estimate of drug-likeness (QED) is 0.537. The molecule has 0 amide bonds. The predicted octanol–water partition coefficient (Wildman–Crippen LogP) is 3.18. The average Bonchev–Trinajstić information content (AvgIpc) is 3.19. The Balaban J connectivity index is 1.70. The van der Waals surface area contributed by atoms with E-state index in [2.05, 4.69) is 15.2 Å². The summed E-state index contributed by atoms with van der Waals surface area (Å²) in [5.74, 6) is 1.35. The molecule has 5 rings (SSSR count). The zero-order valence-corrected chi connectivity index (χ0v) is 17.3. The van der Waals surface area contributed by atoms with Crippen LogP contribution in [0.5, 0.6) is 0 Å². The summed E-state index contributed by atoms with van der Waals surface area (Å²) in [6.45, 7) is 4.09. The molecular formula is C23H23FN6O. The highest BCUT2D eigenvalue weighted by Crippen LogP contribution is 2.29. The van der Waals surface area contributed by atoms with Gasteiger partial charge in [0, 0.05) is 45.0 Å². The van der Waals surface area contributed by atoms with E-state index in [1.54, 1.807) is 25.4 Å². The van der Waals surface area contributed by atoms with E-state index in [-0.39, 0.29) is 5.82 Å². The van der Waals surface area contributed by atoms with Gasteiger partial charge in [-0.3, -0.25) is 9.55 Å². The summed E-state index contributed by atoms with van der Waals surface area (Å²) in [7, 11) is 1.65. The fourth-order valence-electron chi connectivity index (χ4n) is 3.89.